The molecule has 7 heteroatoms. The molecular formula is C21H33N7. The van der Waals surface area contributed by atoms with E-state index in [9.17, 15) is 0 Å². The molecule has 3 aromatic rings. The minimum atomic E-state index is 0.886. The molecule has 0 aliphatic rings. The molecule has 0 saturated carbocycles. The molecule has 28 heavy (non-hydrogen) atoms. The zero-order valence-corrected chi connectivity index (χ0v) is 16.5. The molecule has 6 N–H and O–H groups in total. The first-order valence-electron chi connectivity index (χ1n) is 10.1. The van der Waals surface area contributed by atoms with Gasteiger partial charge in [0.1, 0.15) is 0 Å². The monoisotopic (exact) mass is 383 g/mol. The van der Waals surface area contributed by atoms with Gasteiger partial charge < -0.3 is 30.9 Å². The van der Waals surface area contributed by atoms with Gasteiger partial charge in [-0.25, -0.2) is 0 Å². The van der Waals surface area contributed by atoms with Gasteiger partial charge in [-0.1, -0.05) is 0 Å². The van der Waals surface area contributed by atoms with E-state index in [0.717, 1.165) is 58.9 Å². The minimum Gasteiger partial charge on any atom is -0.364 e. The van der Waals surface area contributed by atoms with Crippen LogP contribution < -0.4 is 16.0 Å². The van der Waals surface area contributed by atoms with Gasteiger partial charge in [0, 0.05) is 94.6 Å². The molecule has 3 aromatic heterocycles. The highest BCUT2D eigenvalue weighted by Gasteiger charge is 2.05. The highest BCUT2D eigenvalue weighted by Crippen LogP contribution is 1.95. The summed E-state index contributed by atoms with van der Waals surface area (Å²) in [5, 5.41) is 10.6. The highest BCUT2D eigenvalue weighted by molar-refractivity contribution is 5.04. The van der Waals surface area contributed by atoms with E-state index in [0.29, 0.717) is 0 Å². The van der Waals surface area contributed by atoms with E-state index in [4.69, 9.17) is 0 Å². The van der Waals surface area contributed by atoms with Gasteiger partial charge in [0.2, 0.25) is 0 Å². The molecule has 0 aliphatic heterocycles. The van der Waals surface area contributed by atoms with Crippen LogP contribution in [-0.4, -0.2) is 59.1 Å². The minimum absolute atomic E-state index is 0.886. The number of hydrogen-bond donors (Lipinski definition) is 6. The van der Waals surface area contributed by atoms with Crippen LogP contribution in [0.15, 0.2) is 55.0 Å². The third kappa shape index (κ3) is 7.74. The first kappa shape index (κ1) is 20.4. The molecule has 0 aromatic carbocycles. The lowest BCUT2D eigenvalue weighted by Crippen LogP contribution is -2.40. The summed E-state index contributed by atoms with van der Waals surface area (Å²) < 4.78 is 0. The fraction of sp³-hybridized carbons (Fsp3) is 0.429. The summed E-state index contributed by atoms with van der Waals surface area (Å²) in [5.74, 6) is 0. The third-order valence-electron chi connectivity index (χ3n) is 4.75. The Kier molecular flexibility index (Phi) is 8.90. The van der Waals surface area contributed by atoms with Gasteiger partial charge in [-0.15, -0.1) is 0 Å². The van der Waals surface area contributed by atoms with Crippen LogP contribution in [0.3, 0.4) is 0 Å². The zero-order chi connectivity index (χ0) is 19.3. The van der Waals surface area contributed by atoms with Crippen LogP contribution in [0.4, 0.5) is 0 Å². The third-order valence-corrected chi connectivity index (χ3v) is 4.75. The molecule has 0 spiro atoms. The molecule has 0 bridgehead atoms. The first-order valence-corrected chi connectivity index (χ1v) is 10.1. The van der Waals surface area contributed by atoms with E-state index in [1.54, 1.807) is 0 Å². The van der Waals surface area contributed by atoms with Crippen LogP contribution >= 0.6 is 0 Å². The summed E-state index contributed by atoms with van der Waals surface area (Å²) in [6, 6.07) is 12.4. The number of nitrogens with one attached hydrogen (secondary N) is 6. The van der Waals surface area contributed by atoms with Crippen molar-refractivity contribution in [3.8, 4) is 0 Å². The smallest absolute Gasteiger partial charge is 0.0357 e. The van der Waals surface area contributed by atoms with E-state index >= 15 is 0 Å². The number of hydrogen-bond acceptors (Lipinski definition) is 4. The lowest BCUT2D eigenvalue weighted by atomic mass is 10.3. The number of aromatic amines is 3. The van der Waals surface area contributed by atoms with Crippen molar-refractivity contribution in [3.63, 3.8) is 0 Å². The van der Waals surface area contributed by atoms with Crippen molar-refractivity contribution < 1.29 is 0 Å². The van der Waals surface area contributed by atoms with Crippen molar-refractivity contribution in [3.05, 3.63) is 72.1 Å². The Morgan fingerprint density at radius 3 is 1.21 bits per heavy atom. The van der Waals surface area contributed by atoms with Gasteiger partial charge in [-0.05, 0) is 36.4 Å². The highest BCUT2D eigenvalue weighted by atomic mass is 15.2. The van der Waals surface area contributed by atoms with Crippen LogP contribution in [0.1, 0.15) is 17.1 Å². The van der Waals surface area contributed by atoms with Gasteiger partial charge in [-0.2, -0.15) is 0 Å². The van der Waals surface area contributed by atoms with Gasteiger partial charge in [0.25, 0.3) is 0 Å². The summed E-state index contributed by atoms with van der Waals surface area (Å²) in [5.41, 5.74) is 3.69. The van der Waals surface area contributed by atoms with Crippen LogP contribution in [0.2, 0.25) is 0 Å². The molecule has 3 heterocycles. The molecule has 0 amide bonds. The Morgan fingerprint density at radius 1 is 0.571 bits per heavy atom. The molecular weight excluding hydrogens is 350 g/mol. The van der Waals surface area contributed by atoms with Crippen LogP contribution in [0, 0.1) is 0 Å². The standard InChI is InChI=1S/C21H33N7/c1-4-19(25-7-1)16-22-10-13-28(14-11-23-17-20-5-2-8-26-20)15-12-24-18-21-6-3-9-27-21/h1-9,22-27H,10-18H2. The maximum absolute atomic E-state index is 3.52. The molecule has 7 nitrogen and oxygen atoms in total. The Morgan fingerprint density at radius 2 is 0.929 bits per heavy atom. The molecule has 3 rings (SSSR count). The van der Waals surface area contributed by atoms with E-state index in [1.807, 2.05) is 36.8 Å². The Labute approximate surface area is 167 Å². The predicted octanol–water partition coefficient (Wildman–Crippen LogP) is 1.64. The second kappa shape index (κ2) is 12.2. The molecule has 0 radical (unpaired) electrons. The van der Waals surface area contributed by atoms with Crippen molar-refractivity contribution in [2.45, 2.75) is 19.6 Å². The first-order chi connectivity index (χ1) is 13.9. The van der Waals surface area contributed by atoms with Crippen molar-refractivity contribution in [2.75, 3.05) is 39.3 Å². The molecule has 0 fully saturated rings. The van der Waals surface area contributed by atoms with E-state index in [2.05, 4.69) is 54.0 Å². The largest absolute Gasteiger partial charge is 0.364 e. The predicted molar refractivity (Wildman–Crippen MR) is 114 cm³/mol. The van der Waals surface area contributed by atoms with Gasteiger partial charge in [0.15, 0.2) is 0 Å². The fourth-order valence-electron chi connectivity index (χ4n) is 3.15. The maximum Gasteiger partial charge on any atom is 0.0357 e. The molecule has 0 aliphatic carbocycles. The Hall–Kier alpha value is -2.32. The van der Waals surface area contributed by atoms with Crippen LogP contribution in [-0.2, 0) is 19.6 Å². The fourth-order valence-corrected chi connectivity index (χ4v) is 3.15. The van der Waals surface area contributed by atoms with Crippen molar-refractivity contribution in [2.24, 2.45) is 0 Å². The quantitative estimate of drug-likeness (QED) is 0.225. The Bertz CT molecular complexity index is 604. The van der Waals surface area contributed by atoms with Gasteiger partial charge in [-0.3, -0.25) is 4.90 Å². The number of nitrogens with zero attached hydrogens (tertiary/aromatic N) is 1. The summed E-state index contributed by atoms with van der Waals surface area (Å²) in [4.78, 5) is 12.2. The molecule has 0 atom stereocenters. The normalized spacial score (nSPS) is 11.5. The molecule has 152 valence electrons. The van der Waals surface area contributed by atoms with Crippen LogP contribution in [0.25, 0.3) is 0 Å². The van der Waals surface area contributed by atoms with Crippen molar-refractivity contribution in [1.29, 1.82) is 0 Å². The van der Waals surface area contributed by atoms with Gasteiger partial charge >= 0.3 is 0 Å². The lowest BCUT2D eigenvalue weighted by molar-refractivity contribution is 0.271. The van der Waals surface area contributed by atoms with Crippen molar-refractivity contribution in [1.82, 2.24) is 35.8 Å². The van der Waals surface area contributed by atoms with Gasteiger partial charge in [0.05, 0.1) is 0 Å². The van der Waals surface area contributed by atoms with E-state index in [1.165, 1.54) is 17.1 Å². The zero-order valence-electron chi connectivity index (χ0n) is 16.5. The van der Waals surface area contributed by atoms with Crippen molar-refractivity contribution >= 4 is 0 Å². The average Bonchev–Trinajstić information content (AvgIpc) is 3.48. The second-order valence-electron chi connectivity index (χ2n) is 6.96. The second-order valence-corrected chi connectivity index (χ2v) is 6.96. The molecule has 0 saturated heterocycles. The number of H-pyrrole nitrogens is 3. The topological polar surface area (TPSA) is 86.7 Å². The summed E-state index contributed by atoms with van der Waals surface area (Å²) >= 11 is 0. The average molecular weight is 384 g/mol. The SMILES string of the molecule is c1c[nH]c(CNCCN(CCNCc2ccc[nH]2)CCNCc2ccc[nH]2)c1. The van der Waals surface area contributed by atoms with E-state index in [-0.39, 0.29) is 0 Å². The Balaban J connectivity index is 1.32. The lowest BCUT2D eigenvalue weighted by Gasteiger charge is -2.23. The van der Waals surface area contributed by atoms with E-state index < -0.39 is 0 Å². The maximum atomic E-state index is 3.52. The number of aromatic nitrogens is 3. The number of rotatable bonds is 15. The summed E-state index contributed by atoms with van der Waals surface area (Å²) in [7, 11) is 0. The summed E-state index contributed by atoms with van der Waals surface area (Å²) in [6.07, 6.45) is 5.90. The molecule has 0 unspecified atom stereocenters. The van der Waals surface area contributed by atoms with Crippen LogP contribution in [0.5, 0.6) is 0 Å². The summed E-state index contributed by atoms with van der Waals surface area (Å²) in [6.45, 7) is 8.70.